The first-order valence-corrected chi connectivity index (χ1v) is 26.0. The van der Waals surface area contributed by atoms with E-state index in [9.17, 15) is 0 Å². The largest absolute Gasteiger partial charge is 0.311 e. The van der Waals surface area contributed by atoms with Gasteiger partial charge < -0.3 is 9.80 Å². The quantitative estimate of drug-likeness (QED) is 0.159. The van der Waals surface area contributed by atoms with Gasteiger partial charge in [-0.1, -0.05) is 225 Å². The first-order chi connectivity index (χ1) is 33.4. The minimum Gasteiger partial charge on any atom is -0.311 e. The Kier molecular flexibility index (Phi) is 11.5. The molecular weight excluding hydrogens is 856 g/mol. The molecule has 0 saturated heterocycles. The van der Waals surface area contributed by atoms with Gasteiger partial charge >= 0.3 is 0 Å². The number of rotatable bonds is 5. The second-order valence-electron chi connectivity index (χ2n) is 25.6. The molecule has 71 heavy (non-hydrogen) atoms. The van der Waals surface area contributed by atoms with E-state index in [1.165, 1.54) is 106 Å². The third kappa shape index (κ3) is 8.85. The molecule has 8 aromatic carbocycles. The van der Waals surface area contributed by atoms with E-state index >= 15 is 0 Å². The van der Waals surface area contributed by atoms with Crippen LogP contribution >= 0.6 is 0 Å². The molecular formula is C68H73BN2. The Hall–Kier alpha value is -6.58. The summed E-state index contributed by atoms with van der Waals surface area (Å²) in [5, 5.41) is 0. The Balaban J connectivity index is 1.33. The molecule has 8 aromatic rings. The summed E-state index contributed by atoms with van der Waals surface area (Å²) < 4.78 is 0. The van der Waals surface area contributed by atoms with Crippen molar-refractivity contribution in [2.75, 3.05) is 9.80 Å². The average Bonchev–Trinajstić information content (AvgIpc) is 3.32. The highest BCUT2D eigenvalue weighted by molar-refractivity contribution is 7.00. The molecule has 2 nitrogen and oxygen atoms in total. The zero-order valence-corrected chi connectivity index (χ0v) is 45.1. The van der Waals surface area contributed by atoms with Crippen molar-refractivity contribution in [3.05, 3.63) is 198 Å². The van der Waals surface area contributed by atoms with Crippen LogP contribution in [0, 0.1) is 0 Å². The minimum absolute atomic E-state index is 0.0196. The standard InChI is InChI=1S/C68H73BN2/c1-64(2,3)49-27-25-47(26-28-49)55-41-51(66(7,8)9)31-36-58(55)71-60-38-33-53(68(13,14)15)43-57(60)69-56-42-52(67(10,11)12)32-37-59(56)70(54-34-29-50(30-35-54)65(4,5)6)61-39-48(40-62(71)63(61)69)46-23-21-45(22-24-46)44-19-17-16-18-20-44/h16-43H,1-15H3. The molecule has 0 N–H and O–H groups in total. The van der Waals surface area contributed by atoms with Crippen molar-refractivity contribution in [1.29, 1.82) is 0 Å². The highest BCUT2D eigenvalue weighted by Gasteiger charge is 2.45. The van der Waals surface area contributed by atoms with E-state index < -0.39 is 0 Å². The van der Waals surface area contributed by atoms with Crippen LogP contribution in [0.1, 0.15) is 132 Å². The highest BCUT2D eigenvalue weighted by atomic mass is 15.2. The molecule has 2 heterocycles. The minimum atomic E-state index is -0.0569. The maximum Gasteiger partial charge on any atom is 0.252 e. The average molecular weight is 929 g/mol. The molecule has 3 heteroatoms. The lowest BCUT2D eigenvalue weighted by atomic mass is 9.33. The normalized spacial score (nSPS) is 13.8. The van der Waals surface area contributed by atoms with Crippen LogP contribution in [0.2, 0.25) is 0 Å². The molecule has 0 atom stereocenters. The topological polar surface area (TPSA) is 6.48 Å². The summed E-state index contributed by atoms with van der Waals surface area (Å²) in [5.41, 5.74) is 25.1. The van der Waals surface area contributed by atoms with Crippen molar-refractivity contribution in [3.8, 4) is 33.4 Å². The molecule has 358 valence electrons. The monoisotopic (exact) mass is 929 g/mol. The predicted octanol–water partition coefficient (Wildman–Crippen LogP) is 17.3. The first kappa shape index (κ1) is 48.1. The molecule has 0 radical (unpaired) electrons. The van der Waals surface area contributed by atoms with Gasteiger partial charge in [0.2, 0.25) is 0 Å². The van der Waals surface area contributed by atoms with Crippen molar-refractivity contribution in [3.63, 3.8) is 0 Å². The van der Waals surface area contributed by atoms with Gasteiger partial charge in [-0.2, -0.15) is 0 Å². The van der Waals surface area contributed by atoms with Crippen LogP contribution < -0.4 is 26.2 Å². The Morgan fingerprint density at radius 2 is 0.648 bits per heavy atom. The van der Waals surface area contributed by atoms with Crippen molar-refractivity contribution in [2.24, 2.45) is 0 Å². The van der Waals surface area contributed by atoms with Crippen molar-refractivity contribution in [2.45, 2.75) is 131 Å². The molecule has 0 fully saturated rings. The molecule has 10 rings (SSSR count). The van der Waals surface area contributed by atoms with Gasteiger partial charge in [-0.25, -0.2) is 0 Å². The van der Waals surface area contributed by atoms with E-state index in [-0.39, 0.29) is 33.8 Å². The zero-order valence-electron chi connectivity index (χ0n) is 45.1. The SMILES string of the molecule is CC(C)(C)c1ccc(-c2cc(C(C)(C)C)ccc2N2c3ccc(C(C)(C)C)cc3B3c4cc(C(C)(C)C)ccc4N(c4ccc(C(C)(C)C)cc4)c4cc(-c5ccc(-c6ccccc6)cc5)cc2c43)cc1. The summed E-state index contributed by atoms with van der Waals surface area (Å²) in [6, 6.07) is 65.7. The van der Waals surface area contributed by atoms with Crippen LogP contribution in [-0.2, 0) is 27.1 Å². The molecule has 2 aliphatic rings. The van der Waals surface area contributed by atoms with E-state index in [4.69, 9.17) is 0 Å². The molecule has 0 bridgehead atoms. The lowest BCUT2D eigenvalue weighted by Crippen LogP contribution is -2.61. The number of hydrogen-bond donors (Lipinski definition) is 0. The van der Waals surface area contributed by atoms with Crippen LogP contribution in [0.3, 0.4) is 0 Å². The first-order valence-electron chi connectivity index (χ1n) is 26.0. The van der Waals surface area contributed by atoms with Crippen LogP contribution in [-0.4, -0.2) is 6.71 Å². The third-order valence-electron chi connectivity index (χ3n) is 15.3. The Labute approximate surface area is 426 Å². The van der Waals surface area contributed by atoms with Crippen LogP contribution in [0.15, 0.2) is 170 Å². The molecule has 0 amide bonds. The summed E-state index contributed by atoms with van der Waals surface area (Å²) >= 11 is 0. The van der Waals surface area contributed by atoms with E-state index in [1.807, 2.05) is 0 Å². The maximum atomic E-state index is 2.64. The van der Waals surface area contributed by atoms with Gasteiger partial charge in [0.05, 0.1) is 5.69 Å². The number of fused-ring (bicyclic) bond motifs is 4. The summed E-state index contributed by atoms with van der Waals surface area (Å²) in [7, 11) is 0. The van der Waals surface area contributed by atoms with Gasteiger partial charge in [-0.15, -0.1) is 0 Å². The number of benzene rings is 8. The van der Waals surface area contributed by atoms with E-state index in [1.54, 1.807) is 0 Å². The van der Waals surface area contributed by atoms with Crippen molar-refractivity contribution in [1.82, 2.24) is 0 Å². The molecule has 0 unspecified atom stereocenters. The number of nitrogens with zero attached hydrogens (tertiary/aromatic N) is 2. The van der Waals surface area contributed by atoms with Crippen molar-refractivity contribution < 1.29 is 0 Å². The second-order valence-corrected chi connectivity index (χ2v) is 25.6. The van der Waals surface area contributed by atoms with E-state index in [2.05, 4.69) is 284 Å². The molecule has 0 aromatic heterocycles. The van der Waals surface area contributed by atoms with Gasteiger partial charge in [0.25, 0.3) is 6.71 Å². The fourth-order valence-corrected chi connectivity index (χ4v) is 10.8. The van der Waals surface area contributed by atoms with Crippen LogP contribution in [0.5, 0.6) is 0 Å². The Morgan fingerprint density at radius 3 is 1.13 bits per heavy atom. The molecule has 0 aliphatic carbocycles. The van der Waals surface area contributed by atoms with Crippen LogP contribution in [0.4, 0.5) is 34.1 Å². The lowest BCUT2D eigenvalue weighted by molar-refractivity contribution is 0.590. The second kappa shape index (κ2) is 17.0. The Morgan fingerprint density at radius 1 is 0.282 bits per heavy atom. The van der Waals surface area contributed by atoms with E-state index in [0.29, 0.717) is 0 Å². The zero-order chi connectivity index (χ0) is 50.6. The van der Waals surface area contributed by atoms with Crippen LogP contribution in [0.25, 0.3) is 33.4 Å². The summed E-state index contributed by atoms with van der Waals surface area (Å²) in [5.74, 6) is 0. The highest BCUT2D eigenvalue weighted by Crippen LogP contribution is 2.50. The van der Waals surface area contributed by atoms with Gasteiger partial charge in [0.15, 0.2) is 0 Å². The molecule has 2 aliphatic heterocycles. The van der Waals surface area contributed by atoms with E-state index in [0.717, 1.165) is 5.69 Å². The third-order valence-corrected chi connectivity index (χ3v) is 15.3. The fourth-order valence-electron chi connectivity index (χ4n) is 10.8. The summed E-state index contributed by atoms with van der Waals surface area (Å²) in [4.78, 5) is 5.22. The van der Waals surface area contributed by atoms with Gasteiger partial charge in [0, 0.05) is 34.0 Å². The lowest BCUT2D eigenvalue weighted by Gasteiger charge is -2.45. The van der Waals surface area contributed by atoms with Gasteiger partial charge in [0.1, 0.15) is 0 Å². The molecule has 0 spiro atoms. The maximum absolute atomic E-state index is 2.64. The summed E-state index contributed by atoms with van der Waals surface area (Å²) in [6.07, 6.45) is 0. The van der Waals surface area contributed by atoms with Crippen molar-refractivity contribution >= 4 is 57.2 Å². The summed E-state index contributed by atoms with van der Waals surface area (Å²) in [6.45, 7) is 34.9. The molecule has 0 saturated carbocycles. The van der Waals surface area contributed by atoms with Gasteiger partial charge in [-0.05, 0) is 148 Å². The number of anilines is 6. The number of hydrogen-bond acceptors (Lipinski definition) is 2. The fraction of sp³-hybridized carbons (Fsp3) is 0.294. The van der Waals surface area contributed by atoms with Gasteiger partial charge in [-0.3, -0.25) is 0 Å². The Bertz CT molecular complexity index is 3290. The predicted molar refractivity (Wildman–Crippen MR) is 310 cm³/mol. The smallest absolute Gasteiger partial charge is 0.252 e.